The van der Waals surface area contributed by atoms with E-state index in [4.69, 9.17) is 0 Å². The average molecular weight is 878 g/mol. The molecular weight excluding hydrogens is 831 g/mol. The van der Waals surface area contributed by atoms with Crippen LogP contribution in [0.4, 0.5) is 17.1 Å². The van der Waals surface area contributed by atoms with Gasteiger partial charge >= 0.3 is 0 Å². The number of hydrogen-bond acceptors (Lipinski definition) is 1. The van der Waals surface area contributed by atoms with Crippen molar-refractivity contribution in [2.75, 3.05) is 4.90 Å². The van der Waals surface area contributed by atoms with Crippen molar-refractivity contribution in [1.82, 2.24) is 0 Å². The van der Waals surface area contributed by atoms with Gasteiger partial charge in [0.2, 0.25) is 0 Å². The van der Waals surface area contributed by atoms with E-state index in [1.165, 1.54) is 111 Å². The second-order valence-electron chi connectivity index (χ2n) is 19.6. The second kappa shape index (κ2) is 15.0. The van der Waals surface area contributed by atoms with Crippen molar-refractivity contribution in [2.24, 2.45) is 0 Å². The summed E-state index contributed by atoms with van der Waals surface area (Å²) < 4.78 is 0. The summed E-state index contributed by atoms with van der Waals surface area (Å²) in [5, 5.41) is 2.51. The molecule has 14 rings (SSSR count). The molecule has 0 aliphatic heterocycles. The zero-order valence-corrected chi connectivity index (χ0v) is 38.6. The lowest BCUT2D eigenvalue weighted by Crippen LogP contribution is -2.25. The van der Waals surface area contributed by atoms with Gasteiger partial charge in [-0.1, -0.05) is 214 Å². The van der Waals surface area contributed by atoms with Crippen LogP contribution in [0.15, 0.2) is 249 Å². The fourth-order valence-corrected chi connectivity index (χ4v) is 12.5. The fourth-order valence-electron chi connectivity index (χ4n) is 12.5. The van der Waals surface area contributed by atoms with Gasteiger partial charge in [-0.05, 0) is 159 Å². The molecule has 324 valence electrons. The van der Waals surface area contributed by atoms with Gasteiger partial charge in [-0.2, -0.15) is 0 Å². The third kappa shape index (κ3) is 5.77. The number of benzene rings is 11. The molecule has 0 aromatic heterocycles. The number of hydrogen-bond donors (Lipinski definition) is 0. The van der Waals surface area contributed by atoms with Crippen LogP contribution in [0, 0.1) is 0 Å². The van der Waals surface area contributed by atoms with Crippen molar-refractivity contribution >= 4 is 27.8 Å². The molecule has 0 atom stereocenters. The highest BCUT2D eigenvalue weighted by molar-refractivity contribution is 5.98. The standard InChI is InChI=1S/C68H47N/c1-67(2)61-22-9-5-17-55(61)59-40-32-48(42-65(59)67)44-26-34-50(35-27-44)69(52-38-30-47(31-39-52)54-21-13-15-46-14-3-4-16-53(46)54)51-36-28-45(29-37-51)49-33-41-60-58-20-8-12-25-64(58)68(66(60)43-49)62-23-10-6-18-56(62)57-19-7-11-24-63(57)68/h3-43H,1-2H3. The van der Waals surface area contributed by atoms with Gasteiger partial charge in [0.15, 0.2) is 0 Å². The minimum absolute atomic E-state index is 0.0530. The van der Waals surface area contributed by atoms with Crippen LogP contribution in [-0.2, 0) is 10.8 Å². The number of rotatable bonds is 6. The molecule has 0 fully saturated rings. The lowest BCUT2D eigenvalue weighted by atomic mass is 9.70. The van der Waals surface area contributed by atoms with Crippen LogP contribution in [-0.4, -0.2) is 0 Å². The maximum absolute atomic E-state index is 2.48. The van der Waals surface area contributed by atoms with E-state index in [-0.39, 0.29) is 10.8 Å². The Bertz CT molecular complexity index is 3780. The molecule has 0 radical (unpaired) electrons. The Balaban J connectivity index is 0.858. The van der Waals surface area contributed by atoms with E-state index in [0.717, 1.165) is 17.1 Å². The Morgan fingerprint density at radius 3 is 1.16 bits per heavy atom. The lowest BCUT2D eigenvalue weighted by Gasteiger charge is -2.30. The normalized spacial score (nSPS) is 13.9. The van der Waals surface area contributed by atoms with E-state index in [0.29, 0.717) is 0 Å². The third-order valence-electron chi connectivity index (χ3n) is 15.7. The summed E-state index contributed by atoms with van der Waals surface area (Å²) in [4.78, 5) is 2.39. The van der Waals surface area contributed by atoms with Crippen LogP contribution in [0.25, 0.3) is 77.5 Å². The van der Waals surface area contributed by atoms with E-state index < -0.39 is 0 Å². The first kappa shape index (κ1) is 39.6. The molecule has 11 aromatic rings. The molecule has 0 amide bonds. The predicted octanol–water partition coefficient (Wildman–Crippen LogP) is 18.0. The molecule has 0 bridgehead atoms. The highest BCUT2D eigenvalue weighted by atomic mass is 15.1. The van der Waals surface area contributed by atoms with Crippen LogP contribution in [0.1, 0.15) is 47.2 Å². The summed E-state index contributed by atoms with van der Waals surface area (Å²) in [6, 6.07) is 92.8. The quantitative estimate of drug-likeness (QED) is 0.161. The summed E-state index contributed by atoms with van der Waals surface area (Å²) in [6.45, 7) is 4.71. The Morgan fingerprint density at radius 1 is 0.261 bits per heavy atom. The van der Waals surface area contributed by atoms with Crippen molar-refractivity contribution < 1.29 is 0 Å². The van der Waals surface area contributed by atoms with Crippen molar-refractivity contribution in [2.45, 2.75) is 24.7 Å². The van der Waals surface area contributed by atoms with E-state index in [9.17, 15) is 0 Å². The Kier molecular flexibility index (Phi) is 8.61. The minimum Gasteiger partial charge on any atom is -0.311 e. The molecule has 0 N–H and O–H groups in total. The van der Waals surface area contributed by atoms with Crippen LogP contribution in [0.5, 0.6) is 0 Å². The maximum Gasteiger partial charge on any atom is 0.0725 e. The van der Waals surface area contributed by atoms with Crippen molar-refractivity contribution in [3.05, 3.63) is 282 Å². The van der Waals surface area contributed by atoms with Gasteiger partial charge in [0.25, 0.3) is 0 Å². The molecule has 1 heteroatoms. The van der Waals surface area contributed by atoms with Gasteiger partial charge in [0.1, 0.15) is 0 Å². The van der Waals surface area contributed by atoms with E-state index >= 15 is 0 Å². The Hall–Kier alpha value is -8.52. The van der Waals surface area contributed by atoms with Crippen molar-refractivity contribution in [3.63, 3.8) is 0 Å². The first-order valence-corrected chi connectivity index (χ1v) is 24.2. The molecule has 3 aliphatic carbocycles. The maximum atomic E-state index is 2.48. The summed E-state index contributed by atoms with van der Waals surface area (Å²) >= 11 is 0. The zero-order chi connectivity index (χ0) is 45.8. The molecule has 11 aromatic carbocycles. The molecule has 0 heterocycles. The van der Waals surface area contributed by atoms with Crippen molar-refractivity contribution in [1.29, 1.82) is 0 Å². The molecule has 69 heavy (non-hydrogen) atoms. The van der Waals surface area contributed by atoms with Gasteiger partial charge in [-0.25, -0.2) is 0 Å². The van der Waals surface area contributed by atoms with Gasteiger partial charge in [0, 0.05) is 22.5 Å². The molecule has 3 aliphatic rings. The molecule has 0 saturated carbocycles. The lowest BCUT2D eigenvalue weighted by molar-refractivity contribution is 0.660. The molecular formula is C68H47N. The van der Waals surface area contributed by atoms with E-state index in [2.05, 4.69) is 267 Å². The van der Waals surface area contributed by atoms with E-state index in [1.54, 1.807) is 0 Å². The number of fused-ring (bicyclic) bond motifs is 14. The average Bonchev–Trinajstić information content (AvgIpc) is 3.97. The number of nitrogens with zero attached hydrogens (tertiary/aromatic N) is 1. The Labute approximate surface area is 404 Å². The van der Waals surface area contributed by atoms with Gasteiger partial charge in [-0.3, -0.25) is 0 Å². The highest BCUT2D eigenvalue weighted by Crippen LogP contribution is 2.63. The van der Waals surface area contributed by atoms with Crippen molar-refractivity contribution in [3.8, 4) is 66.8 Å². The van der Waals surface area contributed by atoms with E-state index in [1.807, 2.05) is 0 Å². The summed E-state index contributed by atoms with van der Waals surface area (Å²) in [7, 11) is 0. The predicted molar refractivity (Wildman–Crippen MR) is 289 cm³/mol. The van der Waals surface area contributed by atoms with Gasteiger partial charge in [-0.15, -0.1) is 0 Å². The summed E-state index contributed by atoms with van der Waals surface area (Å²) in [6.07, 6.45) is 0. The number of anilines is 3. The Morgan fingerprint density at radius 2 is 0.623 bits per heavy atom. The van der Waals surface area contributed by atoms with Crippen LogP contribution in [0.2, 0.25) is 0 Å². The largest absolute Gasteiger partial charge is 0.311 e. The summed E-state index contributed by atoms with van der Waals surface area (Å²) in [5.41, 5.74) is 26.4. The molecule has 0 unspecified atom stereocenters. The first-order valence-electron chi connectivity index (χ1n) is 24.2. The fraction of sp³-hybridized carbons (Fsp3) is 0.0588. The zero-order valence-electron chi connectivity index (χ0n) is 38.6. The summed E-state index contributed by atoms with van der Waals surface area (Å²) in [5.74, 6) is 0. The third-order valence-corrected chi connectivity index (χ3v) is 15.7. The molecule has 0 saturated heterocycles. The van der Waals surface area contributed by atoms with Gasteiger partial charge in [0.05, 0.1) is 5.41 Å². The minimum atomic E-state index is -0.378. The first-order chi connectivity index (χ1) is 34.0. The molecule has 1 spiro atoms. The smallest absolute Gasteiger partial charge is 0.0725 e. The highest BCUT2D eigenvalue weighted by Gasteiger charge is 2.51. The monoisotopic (exact) mass is 877 g/mol. The SMILES string of the molecule is CC1(C)c2ccccc2-c2ccc(-c3ccc(N(c4ccc(-c5ccc6c(c5)C5(c7ccccc7-c7ccccc75)c5ccccc5-6)cc4)c4ccc(-c5cccc6ccccc56)cc4)cc3)cc21. The van der Waals surface area contributed by atoms with Gasteiger partial charge < -0.3 is 4.90 Å². The van der Waals surface area contributed by atoms with Crippen LogP contribution < -0.4 is 4.90 Å². The molecule has 1 nitrogen and oxygen atoms in total. The second-order valence-corrected chi connectivity index (χ2v) is 19.6. The van der Waals surface area contributed by atoms with Crippen LogP contribution >= 0.6 is 0 Å². The topological polar surface area (TPSA) is 3.24 Å². The van der Waals surface area contributed by atoms with Crippen LogP contribution in [0.3, 0.4) is 0 Å².